The summed E-state index contributed by atoms with van der Waals surface area (Å²) in [6.45, 7) is 4.43. The van der Waals surface area contributed by atoms with Crippen LogP contribution >= 0.6 is 21.6 Å². The van der Waals surface area contributed by atoms with E-state index in [1.165, 1.54) is 38.5 Å². The SMILES string of the molecule is CCCCC/C=C\C/C=C\CCCCCCCC(=O)N(C(=O)CCCCCCC/C=C\C/C=C\CCCCC)[C@@H](CSSCC(N)C(=O)O)C(=O)O. The number of carbonyl (C=O) groups is 4. The van der Waals surface area contributed by atoms with E-state index in [2.05, 4.69) is 62.5 Å². The molecule has 298 valence electrons. The number of nitrogens with two attached hydrogens (primary N) is 1. The Bertz CT molecular complexity index is 987. The predicted molar refractivity (Wildman–Crippen MR) is 223 cm³/mol. The maximum absolute atomic E-state index is 13.4. The van der Waals surface area contributed by atoms with Crippen LogP contribution in [0, 0.1) is 0 Å². The van der Waals surface area contributed by atoms with E-state index in [0.29, 0.717) is 12.8 Å². The van der Waals surface area contributed by atoms with Crippen LogP contribution in [0.1, 0.15) is 168 Å². The Morgan fingerprint density at radius 1 is 0.519 bits per heavy atom. The van der Waals surface area contributed by atoms with E-state index in [-0.39, 0.29) is 24.3 Å². The summed E-state index contributed by atoms with van der Waals surface area (Å²) < 4.78 is 0. The van der Waals surface area contributed by atoms with E-state index in [0.717, 1.165) is 116 Å². The van der Waals surface area contributed by atoms with Crippen molar-refractivity contribution in [2.75, 3.05) is 11.5 Å². The number of carboxylic acid groups (broad SMARTS) is 2. The molecule has 0 spiro atoms. The number of unbranched alkanes of at least 4 members (excludes halogenated alkanes) is 16. The first kappa shape index (κ1) is 49.7. The minimum Gasteiger partial charge on any atom is -0.480 e. The highest BCUT2D eigenvalue weighted by atomic mass is 33.1. The van der Waals surface area contributed by atoms with E-state index in [9.17, 15) is 24.3 Å². The van der Waals surface area contributed by atoms with Gasteiger partial charge >= 0.3 is 11.9 Å². The quantitative estimate of drug-likeness (QED) is 0.0323. The molecule has 0 fully saturated rings. The van der Waals surface area contributed by atoms with Crippen molar-refractivity contribution in [3.8, 4) is 0 Å². The van der Waals surface area contributed by atoms with E-state index in [1.54, 1.807) is 0 Å². The number of carbonyl (C=O) groups excluding carboxylic acids is 2. The Hall–Kier alpha value is -2.30. The molecule has 0 heterocycles. The zero-order valence-electron chi connectivity index (χ0n) is 32.5. The average Bonchev–Trinajstić information content (AvgIpc) is 3.12. The maximum atomic E-state index is 13.4. The molecule has 10 heteroatoms. The Morgan fingerprint density at radius 2 is 0.885 bits per heavy atom. The third-order valence-corrected chi connectivity index (χ3v) is 11.1. The van der Waals surface area contributed by atoms with Crippen LogP contribution in [-0.4, -0.2) is 62.5 Å². The second-order valence-electron chi connectivity index (χ2n) is 13.5. The van der Waals surface area contributed by atoms with Gasteiger partial charge in [0, 0.05) is 24.3 Å². The predicted octanol–water partition coefficient (Wildman–Crippen LogP) is 11.2. The number of carboxylic acids is 2. The van der Waals surface area contributed by atoms with Crippen LogP contribution in [0.25, 0.3) is 0 Å². The van der Waals surface area contributed by atoms with Crippen molar-refractivity contribution in [3.63, 3.8) is 0 Å². The third kappa shape index (κ3) is 30.2. The summed E-state index contributed by atoms with van der Waals surface area (Å²) in [5.74, 6) is -3.21. The summed E-state index contributed by atoms with van der Waals surface area (Å²) in [7, 11) is 2.26. The molecule has 0 saturated heterocycles. The lowest BCUT2D eigenvalue weighted by Gasteiger charge is -2.27. The summed E-state index contributed by atoms with van der Waals surface area (Å²) >= 11 is 0. The zero-order valence-corrected chi connectivity index (χ0v) is 34.2. The van der Waals surface area contributed by atoms with Gasteiger partial charge in [-0.1, -0.05) is 148 Å². The van der Waals surface area contributed by atoms with Crippen LogP contribution < -0.4 is 5.73 Å². The second kappa shape index (κ2) is 37.0. The van der Waals surface area contributed by atoms with Crippen molar-refractivity contribution >= 4 is 45.3 Å². The molecule has 8 nitrogen and oxygen atoms in total. The molecule has 4 N–H and O–H groups in total. The lowest BCUT2D eigenvalue weighted by atomic mass is 10.1. The number of hydrogen-bond donors (Lipinski definition) is 3. The van der Waals surface area contributed by atoms with Crippen LogP contribution in [0.4, 0.5) is 0 Å². The normalized spacial score (nSPS) is 13.1. The number of nitrogens with zero attached hydrogens (tertiary/aromatic N) is 1. The van der Waals surface area contributed by atoms with Crippen molar-refractivity contribution in [1.82, 2.24) is 4.90 Å². The first-order valence-electron chi connectivity index (χ1n) is 20.2. The fourth-order valence-corrected chi connectivity index (χ4v) is 7.77. The molecule has 0 bridgehead atoms. The lowest BCUT2D eigenvalue weighted by Crippen LogP contribution is -2.50. The van der Waals surface area contributed by atoms with Crippen LogP contribution in [0.15, 0.2) is 48.6 Å². The largest absolute Gasteiger partial charge is 0.480 e. The number of imide groups is 1. The summed E-state index contributed by atoms with van der Waals surface area (Å²) in [4.78, 5) is 51.0. The number of allylic oxidation sites excluding steroid dienone is 8. The molecule has 2 atom stereocenters. The molecule has 0 aromatic carbocycles. The summed E-state index contributed by atoms with van der Waals surface area (Å²) in [6.07, 6.45) is 41.2. The topological polar surface area (TPSA) is 138 Å². The molecule has 0 saturated carbocycles. The molecule has 0 radical (unpaired) electrons. The standard InChI is InChI=1S/C42H72N2O6S2/c1-3-5-7-9-11-13-15-17-19-21-23-25-27-29-31-33-39(45)44(38(42(49)50)36-52-51-35-37(43)41(47)48)40(46)34-32-30-28-26-24-22-20-18-16-14-12-10-8-6-4-2/h11-14,17-20,37-38H,3-10,15-16,21-36,43H2,1-2H3,(H,47,48)(H,49,50)/b13-11-,14-12-,19-17-,20-18-/t37?,38-/m0/s1. The smallest absolute Gasteiger partial charge is 0.327 e. The first-order chi connectivity index (χ1) is 25.3. The van der Waals surface area contributed by atoms with E-state index >= 15 is 0 Å². The molecular weight excluding hydrogens is 693 g/mol. The fourth-order valence-electron chi connectivity index (χ4n) is 5.46. The van der Waals surface area contributed by atoms with E-state index < -0.39 is 35.8 Å². The van der Waals surface area contributed by atoms with Gasteiger partial charge in [-0.25, -0.2) is 4.79 Å². The summed E-state index contributed by atoms with van der Waals surface area (Å²) in [5.41, 5.74) is 5.57. The number of amides is 2. The molecular formula is C42H72N2O6S2. The van der Waals surface area contributed by atoms with Gasteiger partial charge in [0.2, 0.25) is 11.8 Å². The molecule has 0 aromatic heterocycles. The van der Waals surface area contributed by atoms with Crippen LogP contribution in [0.3, 0.4) is 0 Å². The Kier molecular flexibility index (Phi) is 35.4. The monoisotopic (exact) mass is 764 g/mol. The minimum atomic E-state index is -1.31. The molecule has 0 aliphatic carbocycles. The van der Waals surface area contributed by atoms with Crippen LogP contribution in [0.5, 0.6) is 0 Å². The molecule has 0 aliphatic rings. The van der Waals surface area contributed by atoms with Gasteiger partial charge in [-0.05, 0) is 77.0 Å². The van der Waals surface area contributed by atoms with Crippen molar-refractivity contribution in [2.45, 2.75) is 180 Å². The first-order valence-corrected chi connectivity index (χ1v) is 22.6. The van der Waals surface area contributed by atoms with Gasteiger partial charge in [-0.2, -0.15) is 0 Å². The molecule has 52 heavy (non-hydrogen) atoms. The molecule has 2 amide bonds. The van der Waals surface area contributed by atoms with Crippen molar-refractivity contribution in [3.05, 3.63) is 48.6 Å². The molecule has 1 unspecified atom stereocenters. The van der Waals surface area contributed by atoms with Crippen LogP contribution in [-0.2, 0) is 19.2 Å². The van der Waals surface area contributed by atoms with Gasteiger partial charge in [0.05, 0.1) is 0 Å². The van der Waals surface area contributed by atoms with Gasteiger partial charge < -0.3 is 15.9 Å². The van der Waals surface area contributed by atoms with E-state index in [1.807, 2.05) is 0 Å². The minimum absolute atomic E-state index is 0.0336. The van der Waals surface area contributed by atoms with Crippen molar-refractivity contribution in [1.29, 1.82) is 0 Å². The van der Waals surface area contributed by atoms with Gasteiger partial charge in [-0.15, -0.1) is 0 Å². The molecule has 0 aliphatic heterocycles. The highest BCUT2D eigenvalue weighted by molar-refractivity contribution is 8.76. The number of aliphatic carboxylic acids is 2. The van der Waals surface area contributed by atoms with Crippen molar-refractivity contribution < 1.29 is 29.4 Å². The van der Waals surface area contributed by atoms with Crippen LogP contribution in [0.2, 0.25) is 0 Å². The highest BCUT2D eigenvalue weighted by Gasteiger charge is 2.34. The molecule has 0 aromatic rings. The Labute approximate surface area is 324 Å². The van der Waals surface area contributed by atoms with Gasteiger partial charge in [0.25, 0.3) is 0 Å². The Balaban J connectivity index is 4.72. The molecule has 0 rings (SSSR count). The zero-order chi connectivity index (χ0) is 38.5. The van der Waals surface area contributed by atoms with Gasteiger partial charge in [0.15, 0.2) is 0 Å². The number of rotatable bonds is 36. The average molecular weight is 765 g/mol. The lowest BCUT2D eigenvalue weighted by molar-refractivity contribution is -0.157. The van der Waals surface area contributed by atoms with Gasteiger partial charge in [0.1, 0.15) is 12.1 Å². The number of hydrogen-bond acceptors (Lipinski definition) is 7. The van der Waals surface area contributed by atoms with E-state index in [4.69, 9.17) is 10.8 Å². The second-order valence-corrected chi connectivity index (χ2v) is 16.0. The summed E-state index contributed by atoms with van der Waals surface area (Å²) in [6, 6.07) is -2.38. The Morgan fingerprint density at radius 3 is 1.27 bits per heavy atom. The fraction of sp³-hybridized carbons (Fsp3) is 0.714. The maximum Gasteiger partial charge on any atom is 0.327 e. The van der Waals surface area contributed by atoms with Gasteiger partial charge in [-0.3, -0.25) is 19.3 Å². The van der Waals surface area contributed by atoms with Crippen molar-refractivity contribution in [2.24, 2.45) is 5.73 Å². The third-order valence-electron chi connectivity index (χ3n) is 8.69. The highest BCUT2D eigenvalue weighted by Crippen LogP contribution is 2.26. The summed E-state index contributed by atoms with van der Waals surface area (Å²) in [5, 5.41) is 19.1.